The molecule has 0 bridgehead atoms. The molecule has 1 aliphatic heterocycles. The van der Waals surface area contributed by atoms with E-state index in [1.807, 2.05) is 4.90 Å². The minimum absolute atomic E-state index is 0.0957. The molecule has 2 amide bonds. The summed E-state index contributed by atoms with van der Waals surface area (Å²) in [6.45, 7) is 3.29. The average molecular weight is 460 g/mol. The summed E-state index contributed by atoms with van der Waals surface area (Å²) in [4.78, 5) is 41.0. The fourth-order valence-corrected chi connectivity index (χ4v) is 5.94. The van der Waals surface area contributed by atoms with E-state index in [1.54, 1.807) is 18.4 Å². The van der Waals surface area contributed by atoms with Crippen LogP contribution in [-0.4, -0.2) is 48.9 Å². The SMILES string of the molecule is COC(=O)c1c(NC(=O)CN2CCC[C@H]2C(=O)NCc2ccco2)sc2c1CC[C@@H](C)C2. The number of thiophene rings is 1. The van der Waals surface area contributed by atoms with Crippen LogP contribution in [0.3, 0.4) is 0 Å². The van der Waals surface area contributed by atoms with Crippen molar-refractivity contribution in [3.63, 3.8) is 0 Å². The molecule has 0 saturated carbocycles. The number of nitrogens with zero attached hydrogens (tertiary/aromatic N) is 1. The number of rotatable bonds is 7. The second-order valence-electron chi connectivity index (χ2n) is 8.52. The van der Waals surface area contributed by atoms with Gasteiger partial charge in [-0.05, 0) is 62.3 Å². The lowest BCUT2D eigenvalue weighted by molar-refractivity contribution is -0.126. The monoisotopic (exact) mass is 459 g/mol. The van der Waals surface area contributed by atoms with Crippen molar-refractivity contribution in [2.75, 3.05) is 25.5 Å². The molecule has 0 radical (unpaired) electrons. The molecular formula is C23H29N3O5S. The van der Waals surface area contributed by atoms with Crippen LogP contribution in [0.1, 0.15) is 52.7 Å². The zero-order valence-corrected chi connectivity index (χ0v) is 19.3. The summed E-state index contributed by atoms with van der Waals surface area (Å²) in [5, 5.41) is 6.37. The van der Waals surface area contributed by atoms with Crippen LogP contribution in [0, 0.1) is 5.92 Å². The van der Waals surface area contributed by atoms with E-state index in [4.69, 9.17) is 9.15 Å². The second-order valence-corrected chi connectivity index (χ2v) is 9.63. The van der Waals surface area contributed by atoms with Gasteiger partial charge in [0, 0.05) is 4.88 Å². The molecule has 1 fully saturated rings. The first-order valence-corrected chi connectivity index (χ1v) is 11.8. The Morgan fingerprint density at radius 2 is 2.16 bits per heavy atom. The number of ether oxygens (including phenoxy) is 1. The quantitative estimate of drug-likeness (QED) is 0.618. The molecule has 1 saturated heterocycles. The summed E-state index contributed by atoms with van der Waals surface area (Å²) in [5.41, 5.74) is 1.49. The number of methoxy groups -OCH3 is 1. The lowest BCUT2D eigenvalue weighted by Gasteiger charge is -2.22. The third-order valence-electron chi connectivity index (χ3n) is 6.18. The van der Waals surface area contributed by atoms with Crippen LogP contribution in [0.25, 0.3) is 0 Å². The van der Waals surface area contributed by atoms with E-state index in [9.17, 15) is 14.4 Å². The topological polar surface area (TPSA) is 101 Å². The molecule has 0 spiro atoms. The van der Waals surface area contributed by atoms with Crippen molar-refractivity contribution >= 4 is 34.1 Å². The molecule has 2 aromatic rings. The Kier molecular flexibility index (Phi) is 6.95. The highest BCUT2D eigenvalue weighted by Crippen LogP contribution is 2.40. The van der Waals surface area contributed by atoms with Crippen LogP contribution in [0.15, 0.2) is 22.8 Å². The smallest absolute Gasteiger partial charge is 0.341 e. The maximum absolute atomic E-state index is 12.9. The number of nitrogens with one attached hydrogen (secondary N) is 2. The molecule has 8 nitrogen and oxygen atoms in total. The van der Waals surface area contributed by atoms with Gasteiger partial charge in [-0.2, -0.15) is 0 Å². The first kappa shape index (κ1) is 22.5. The van der Waals surface area contributed by atoms with Gasteiger partial charge in [-0.3, -0.25) is 14.5 Å². The van der Waals surface area contributed by atoms with Crippen LogP contribution in [0.4, 0.5) is 5.00 Å². The highest BCUT2D eigenvalue weighted by Gasteiger charge is 2.33. The first-order valence-electron chi connectivity index (χ1n) is 11.0. The largest absolute Gasteiger partial charge is 0.467 e. The number of carbonyl (C=O) groups is 3. The number of esters is 1. The van der Waals surface area contributed by atoms with Crippen LogP contribution < -0.4 is 10.6 Å². The molecular weight excluding hydrogens is 430 g/mol. The van der Waals surface area contributed by atoms with E-state index in [2.05, 4.69) is 17.6 Å². The van der Waals surface area contributed by atoms with Crippen molar-refractivity contribution in [2.24, 2.45) is 5.92 Å². The molecule has 0 aromatic carbocycles. The van der Waals surface area contributed by atoms with Crippen molar-refractivity contribution in [2.45, 2.75) is 51.6 Å². The summed E-state index contributed by atoms with van der Waals surface area (Å²) < 4.78 is 10.3. The first-order chi connectivity index (χ1) is 15.5. The number of amides is 2. The standard InChI is InChI=1S/C23H29N3O5S/c1-14-7-8-16-18(11-14)32-22(20(16)23(29)30-2)25-19(27)13-26-9-3-6-17(26)21(28)24-12-15-5-4-10-31-15/h4-5,10,14,17H,3,6-9,11-13H2,1-2H3,(H,24,28)(H,25,27)/t14-,17+/m1/s1. The Morgan fingerprint density at radius 3 is 2.91 bits per heavy atom. The number of furan rings is 1. The molecule has 9 heteroatoms. The summed E-state index contributed by atoms with van der Waals surface area (Å²) in [6.07, 6.45) is 5.87. The normalized spacial score (nSPS) is 20.6. The maximum Gasteiger partial charge on any atom is 0.341 e. The van der Waals surface area contributed by atoms with Crippen LogP contribution >= 0.6 is 11.3 Å². The lowest BCUT2D eigenvalue weighted by Crippen LogP contribution is -2.45. The molecule has 0 unspecified atom stereocenters. The second kappa shape index (κ2) is 9.87. The van der Waals surface area contributed by atoms with E-state index >= 15 is 0 Å². The number of likely N-dealkylation sites (tertiary alicyclic amines) is 1. The molecule has 2 aliphatic rings. The van der Waals surface area contributed by atoms with Gasteiger partial charge in [0.05, 0.1) is 38.1 Å². The van der Waals surface area contributed by atoms with Gasteiger partial charge in [0.1, 0.15) is 10.8 Å². The Hall–Kier alpha value is -2.65. The van der Waals surface area contributed by atoms with Gasteiger partial charge < -0.3 is 19.8 Å². The maximum atomic E-state index is 12.9. The van der Waals surface area contributed by atoms with Gasteiger partial charge in [-0.15, -0.1) is 11.3 Å². The van der Waals surface area contributed by atoms with Gasteiger partial charge >= 0.3 is 5.97 Å². The molecule has 32 heavy (non-hydrogen) atoms. The zero-order chi connectivity index (χ0) is 22.7. The van der Waals surface area contributed by atoms with Gasteiger partial charge in [-0.25, -0.2) is 4.79 Å². The number of fused-ring (bicyclic) bond motifs is 1. The average Bonchev–Trinajstić information content (AvgIpc) is 3.51. The minimum atomic E-state index is -0.413. The predicted molar refractivity (Wildman–Crippen MR) is 121 cm³/mol. The van der Waals surface area contributed by atoms with Gasteiger partial charge in [0.2, 0.25) is 11.8 Å². The van der Waals surface area contributed by atoms with E-state index in [0.29, 0.717) is 41.8 Å². The summed E-state index contributed by atoms with van der Waals surface area (Å²) in [6, 6.07) is 3.23. The van der Waals surface area contributed by atoms with Gasteiger partial charge in [0.25, 0.3) is 0 Å². The van der Waals surface area contributed by atoms with Crippen molar-refractivity contribution in [1.29, 1.82) is 0 Å². The number of hydrogen-bond donors (Lipinski definition) is 2. The van der Waals surface area contributed by atoms with Crippen molar-refractivity contribution < 1.29 is 23.5 Å². The van der Waals surface area contributed by atoms with Crippen LogP contribution in [0.5, 0.6) is 0 Å². The summed E-state index contributed by atoms with van der Waals surface area (Å²) in [5.74, 6) is 0.492. The predicted octanol–water partition coefficient (Wildman–Crippen LogP) is 2.97. The Bertz CT molecular complexity index is 984. The fourth-order valence-electron chi connectivity index (χ4n) is 4.52. The van der Waals surface area contributed by atoms with Crippen molar-refractivity contribution in [3.8, 4) is 0 Å². The molecule has 2 aromatic heterocycles. The van der Waals surface area contributed by atoms with E-state index in [0.717, 1.165) is 36.1 Å². The Labute approximate surface area is 191 Å². The number of hydrogen-bond acceptors (Lipinski definition) is 7. The van der Waals surface area contributed by atoms with E-state index < -0.39 is 5.97 Å². The summed E-state index contributed by atoms with van der Waals surface area (Å²) in [7, 11) is 1.36. The number of carbonyl (C=O) groups excluding carboxylic acids is 3. The minimum Gasteiger partial charge on any atom is -0.467 e. The Balaban J connectivity index is 1.40. The summed E-state index contributed by atoms with van der Waals surface area (Å²) >= 11 is 1.47. The van der Waals surface area contributed by atoms with Gasteiger partial charge in [0.15, 0.2) is 0 Å². The van der Waals surface area contributed by atoms with Crippen LogP contribution in [-0.2, 0) is 33.7 Å². The molecule has 172 valence electrons. The molecule has 2 atom stereocenters. The van der Waals surface area contributed by atoms with Crippen molar-refractivity contribution in [1.82, 2.24) is 10.2 Å². The van der Waals surface area contributed by atoms with Crippen LogP contribution in [0.2, 0.25) is 0 Å². The Morgan fingerprint density at radius 1 is 1.31 bits per heavy atom. The molecule has 4 rings (SSSR count). The van der Waals surface area contributed by atoms with E-state index in [-0.39, 0.29) is 24.4 Å². The van der Waals surface area contributed by atoms with Gasteiger partial charge in [-0.1, -0.05) is 6.92 Å². The molecule has 2 N–H and O–H groups in total. The highest BCUT2D eigenvalue weighted by molar-refractivity contribution is 7.17. The lowest BCUT2D eigenvalue weighted by atomic mass is 9.88. The van der Waals surface area contributed by atoms with E-state index in [1.165, 1.54) is 18.4 Å². The molecule has 3 heterocycles. The fraction of sp³-hybridized carbons (Fsp3) is 0.522. The number of anilines is 1. The third-order valence-corrected chi connectivity index (χ3v) is 7.35. The van der Waals surface area contributed by atoms with Crippen molar-refractivity contribution in [3.05, 3.63) is 40.2 Å². The highest BCUT2D eigenvalue weighted by atomic mass is 32.1. The third kappa shape index (κ3) is 4.88. The zero-order valence-electron chi connectivity index (χ0n) is 18.4. The molecule has 1 aliphatic carbocycles.